The van der Waals surface area contributed by atoms with Crippen molar-refractivity contribution in [3.05, 3.63) is 42.1 Å². The molecule has 0 saturated carbocycles. The average Bonchev–Trinajstić information content (AvgIpc) is 2.53. The highest BCUT2D eigenvalue weighted by molar-refractivity contribution is 7.17. The first kappa shape index (κ1) is 7.50. The van der Waals surface area contributed by atoms with E-state index in [9.17, 15) is 0 Å². The third-order valence-corrected chi connectivity index (χ3v) is 2.76. The number of hydrogen-bond acceptors (Lipinski definition) is 2. The van der Waals surface area contributed by atoms with Gasteiger partial charge in [0, 0.05) is 12.6 Å². The smallest absolute Gasteiger partial charge is 0.0619 e. The molecule has 0 aromatic carbocycles. The van der Waals surface area contributed by atoms with E-state index < -0.39 is 0 Å². The monoisotopic (exact) mass is 175 g/mol. The van der Waals surface area contributed by atoms with Gasteiger partial charge in [0.05, 0.1) is 10.4 Å². The molecular formula is C10H9NS. The summed E-state index contributed by atoms with van der Waals surface area (Å²) in [6.07, 6.45) is 4.60. The van der Waals surface area contributed by atoms with Gasteiger partial charge in [-0.05, 0) is 22.9 Å². The molecule has 0 unspecified atom stereocenters. The molecule has 0 saturated heterocycles. The van der Waals surface area contributed by atoms with Crippen molar-refractivity contribution in [3.8, 4) is 0 Å². The number of fused-ring (bicyclic) bond motifs is 1. The molecule has 2 rings (SSSR count). The van der Waals surface area contributed by atoms with Crippen molar-refractivity contribution in [2.24, 2.45) is 0 Å². The first-order valence-electron chi connectivity index (χ1n) is 3.84. The van der Waals surface area contributed by atoms with Gasteiger partial charge < -0.3 is 0 Å². The molecule has 2 aromatic rings. The fraction of sp³-hybridized carbons (Fsp3) is 0.100. The molecule has 0 aliphatic carbocycles. The van der Waals surface area contributed by atoms with Crippen LogP contribution in [0, 0.1) is 0 Å². The van der Waals surface area contributed by atoms with Gasteiger partial charge in [-0.2, -0.15) is 0 Å². The van der Waals surface area contributed by atoms with E-state index in [1.807, 2.05) is 18.3 Å². The number of rotatable bonds is 2. The van der Waals surface area contributed by atoms with Gasteiger partial charge in [-0.1, -0.05) is 6.08 Å². The Morgan fingerprint density at radius 2 is 2.42 bits per heavy atom. The zero-order valence-corrected chi connectivity index (χ0v) is 7.47. The molecule has 2 aromatic heterocycles. The lowest BCUT2D eigenvalue weighted by Crippen LogP contribution is -1.85. The van der Waals surface area contributed by atoms with Crippen LogP contribution in [0.25, 0.3) is 10.1 Å². The third kappa shape index (κ3) is 1.14. The zero-order valence-electron chi connectivity index (χ0n) is 6.66. The summed E-state index contributed by atoms with van der Waals surface area (Å²) >= 11 is 1.74. The van der Waals surface area contributed by atoms with E-state index >= 15 is 0 Å². The average molecular weight is 175 g/mol. The van der Waals surface area contributed by atoms with Gasteiger partial charge in [-0.3, -0.25) is 4.98 Å². The maximum Gasteiger partial charge on any atom is 0.0619 e. The molecular weight excluding hydrogens is 166 g/mol. The van der Waals surface area contributed by atoms with Crippen LogP contribution in [0.15, 0.2) is 36.4 Å². The highest BCUT2D eigenvalue weighted by atomic mass is 32.1. The van der Waals surface area contributed by atoms with Crippen molar-refractivity contribution >= 4 is 21.4 Å². The van der Waals surface area contributed by atoms with E-state index in [-0.39, 0.29) is 0 Å². The summed E-state index contributed by atoms with van der Waals surface area (Å²) in [6, 6.07) is 4.16. The second-order valence-corrected chi connectivity index (χ2v) is 3.51. The van der Waals surface area contributed by atoms with E-state index in [1.165, 1.54) is 10.1 Å². The summed E-state index contributed by atoms with van der Waals surface area (Å²) in [4.78, 5) is 4.31. The number of hydrogen-bond donors (Lipinski definition) is 0. The molecule has 12 heavy (non-hydrogen) atoms. The minimum Gasteiger partial charge on any atom is -0.259 e. The van der Waals surface area contributed by atoms with Crippen molar-refractivity contribution in [2.45, 2.75) is 6.42 Å². The minimum absolute atomic E-state index is 0.859. The van der Waals surface area contributed by atoms with Crippen LogP contribution in [-0.2, 0) is 6.42 Å². The second kappa shape index (κ2) is 3.07. The molecule has 1 nitrogen and oxygen atoms in total. The maximum atomic E-state index is 4.31. The highest BCUT2D eigenvalue weighted by Gasteiger charge is 2.00. The number of allylic oxidation sites excluding steroid dienone is 1. The molecule has 2 heterocycles. The SMILES string of the molecule is C=CCc1nccc2ccsc12. The first-order chi connectivity index (χ1) is 5.92. The van der Waals surface area contributed by atoms with E-state index in [0.29, 0.717) is 0 Å². The van der Waals surface area contributed by atoms with E-state index in [2.05, 4.69) is 23.0 Å². The van der Waals surface area contributed by atoms with E-state index in [4.69, 9.17) is 0 Å². The molecule has 0 atom stereocenters. The Morgan fingerprint density at radius 3 is 3.25 bits per heavy atom. The summed E-state index contributed by atoms with van der Waals surface area (Å²) in [5.41, 5.74) is 1.14. The van der Waals surface area contributed by atoms with Crippen LogP contribution in [0.1, 0.15) is 5.69 Å². The second-order valence-electron chi connectivity index (χ2n) is 2.59. The van der Waals surface area contributed by atoms with E-state index in [0.717, 1.165) is 12.1 Å². The van der Waals surface area contributed by atoms with Crippen LogP contribution in [-0.4, -0.2) is 4.98 Å². The Labute approximate surface area is 75.4 Å². The van der Waals surface area contributed by atoms with Gasteiger partial charge in [-0.15, -0.1) is 17.9 Å². The summed E-state index contributed by atoms with van der Waals surface area (Å²) in [6.45, 7) is 3.71. The quantitative estimate of drug-likeness (QED) is 0.639. The molecule has 0 bridgehead atoms. The minimum atomic E-state index is 0.859. The molecule has 0 radical (unpaired) electrons. The standard InChI is InChI=1S/C10H9NS/c1-2-3-9-10-8(4-6-11-9)5-7-12-10/h2,4-7H,1,3H2. The van der Waals surface area contributed by atoms with Crippen molar-refractivity contribution in [1.82, 2.24) is 4.98 Å². The number of pyridine rings is 1. The topological polar surface area (TPSA) is 12.9 Å². The molecule has 0 amide bonds. The Bertz CT molecular complexity index is 403. The lowest BCUT2D eigenvalue weighted by atomic mass is 10.2. The van der Waals surface area contributed by atoms with Crippen LogP contribution in [0.2, 0.25) is 0 Å². The van der Waals surface area contributed by atoms with Crippen molar-refractivity contribution in [3.63, 3.8) is 0 Å². The number of thiophene rings is 1. The Morgan fingerprint density at radius 1 is 1.50 bits per heavy atom. The number of nitrogens with zero attached hydrogens (tertiary/aromatic N) is 1. The summed E-state index contributed by atoms with van der Waals surface area (Å²) in [7, 11) is 0. The molecule has 0 aliphatic rings. The fourth-order valence-electron chi connectivity index (χ4n) is 1.23. The summed E-state index contributed by atoms with van der Waals surface area (Å²) in [5, 5.41) is 3.38. The molecule has 0 spiro atoms. The van der Waals surface area contributed by atoms with Crippen molar-refractivity contribution < 1.29 is 0 Å². The van der Waals surface area contributed by atoms with Gasteiger partial charge >= 0.3 is 0 Å². The normalized spacial score (nSPS) is 10.3. The summed E-state index contributed by atoms with van der Waals surface area (Å²) < 4.78 is 1.29. The zero-order chi connectivity index (χ0) is 8.39. The van der Waals surface area contributed by atoms with Crippen molar-refractivity contribution in [1.29, 1.82) is 0 Å². The Balaban J connectivity index is 2.65. The van der Waals surface area contributed by atoms with Crippen LogP contribution in [0.5, 0.6) is 0 Å². The van der Waals surface area contributed by atoms with Gasteiger partial charge in [0.2, 0.25) is 0 Å². The van der Waals surface area contributed by atoms with Crippen LogP contribution in [0.3, 0.4) is 0 Å². The molecule has 0 fully saturated rings. The Hall–Kier alpha value is -1.15. The van der Waals surface area contributed by atoms with Gasteiger partial charge in [0.1, 0.15) is 0 Å². The van der Waals surface area contributed by atoms with Crippen LogP contribution in [0.4, 0.5) is 0 Å². The molecule has 0 aliphatic heterocycles. The van der Waals surface area contributed by atoms with Crippen LogP contribution < -0.4 is 0 Å². The highest BCUT2D eigenvalue weighted by Crippen LogP contribution is 2.23. The summed E-state index contributed by atoms with van der Waals surface area (Å²) in [5.74, 6) is 0. The Kier molecular flexibility index (Phi) is 1.92. The molecule has 0 N–H and O–H groups in total. The van der Waals surface area contributed by atoms with Gasteiger partial charge in [-0.25, -0.2) is 0 Å². The lowest BCUT2D eigenvalue weighted by molar-refractivity contribution is 1.15. The van der Waals surface area contributed by atoms with Gasteiger partial charge in [0.15, 0.2) is 0 Å². The maximum absolute atomic E-state index is 4.31. The predicted octanol–water partition coefficient (Wildman–Crippen LogP) is 3.02. The lowest BCUT2D eigenvalue weighted by Gasteiger charge is -1.96. The first-order valence-corrected chi connectivity index (χ1v) is 4.72. The fourth-order valence-corrected chi connectivity index (χ4v) is 2.13. The largest absolute Gasteiger partial charge is 0.259 e. The van der Waals surface area contributed by atoms with Crippen LogP contribution >= 0.6 is 11.3 Å². The number of aromatic nitrogens is 1. The molecule has 60 valence electrons. The van der Waals surface area contributed by atoms with Gasteiger partial charge in [0.25, 0.3) is 0 Å². The molecule has 2 heteroatoms. The third-order valence-electron chi connectivity index (χ3n) is 1.78. The van der Waals surface area contributed by atoms with Crippen molar-refractivity contribution in [2.75, 3.05) is 0 Å². The predicted molar refractivity (Wildman–Crippen MR) is 53.5 cm³/mol. The van der Waals surface area contributed by atoms with E-state index in [1.54, 1.807) is 11.3 Å².